The third kappa shape index (κ3) is 2.79. The van der Waals surface area contributed by atoms with E-state index in [2.05, 4.69) is 9.97 Å². The summed E-state index contributed by atoms with van der Waals surface area (Å²) in [5, 5.41) is 10.7. The fourth-order valence-corrected chi connectivity index (χ4v) is 3.99. The third-order valence-electron chi connectivity index (χ3n) is 5.08. The summed E-state index contributed by atoms with van der Waals surface area (Å²) in [6, 6.07) is 0.146. The zero-order chi connectivity index (χ0) is 14.9. The molecule has 0 radical (unpaired) electrons. The number of aliphatic hydroxyl groups is 1. The number of hydrogen-bond acceptors (Lipinski definition) is 4. The molecule has 2 heterocycles. The number of rotatable bonds is 2. The first-order chi connectivity index (χ1) is 10.1. The van der Waals surface area contributed by atoms with Crippen molar-refractivity contribution in [2.45, 2.75) is 57.1 Å². The maximum absolute atomic E-state index is 12.7. The molecule has 1 aromatic rings. The van der Waals surface area contributed by atoms with Gasteiger partial charge in [0.25, 0.3) is 5.91 Å². The molecule has 1 aliphatic heterocycles. The molecule has 3 atom stereocenters. The summed E-state index contributed by atoms with van der Waals surface area (Å²) in [6.07, 6.45) is 10.6. The zero-order valence-corrected chi connectivity index (χ0v) is 12.5. The van der Waals surface area contributed by atoms with Crippen LogP contribution in [0.3, 0.4) is 0 Å². The lowest BCUT2D eigenvalue weighted by atomic mass is 9.72. The van der Waals surface area contributed by atoms with Gasteiger partial charge in [-0.1, -0.05) is 12.8 Å². The van der Waals surface area contributed by atoms with Gasteiger partial charge in [-0.15, -0.1) is 0 Å². The van der Waals surface area contributed by atoms with Gasteiger partial charge in [-0.3, -0.25) is 4.79 Å². The molecule has 1 aromatic heterocycles. The first-order valence-corrected chi connectivity index (χ1v) is 7.88. The van der Waals surface area contributed by atoms with Crippen LogP contribution in [-0.4, -0.2) is 44.1 Å². The largest absolute Gasteiger partial charge is 0.390 e. The second-order valence-electron chi connectivity index (χ2n) is 6.54. The maximum Gasteiger partial charge on any atom is 0.257 e. The van der Waals surface area contributed by atoms with Crippen LogP contribution in [-0.2, 0) is 0 Å². The monoisotopic (exact) mass is 289 g/mol. The molecule has 1 saturated carbocycles. The fraction of sp³-hybridized carbons (Fsp3) is 0.688. The highest BCUT2D eigenvalue weighted by Crippen LogP contribution is 2.40. The van der Waals surface area contributed by atoms with Gasteiger partial charge in [-0.2, -0.15) is 0 Å². The highest BCUT2D eigenvalue weighted by molar-refractivity contribution is 5.94. The van der Waals surface area contributed by atoms with E-state index in [1.165, 1.54) is 6.33 Å². The second-order valence-corrected chi connectivity index (χ2v) is 6.54. The van der Waals surface area contributed by atoms with Crippen molar-refractivity contribution in [2.24, 2.45) is 5.92 Å². The first kappa shape index (κ1) is 14.4. The fourth-order valence-electron chi connectivity index (χ4n) is 3.99. The number of carbonyl (C=O) groups is 1. The van der Waals surface area contributed by atoms with Crippen LogP contribution in [0.2, 0.25) is 0 Å². The van der Waals surface area contributed by atoms with Gasteiger partial charge in [0.2, 0.25) is 0 Å². The molecule has 1 amide bonds. The van der Waals surface area contributed by atoms with E-state index < -0.39 is 5.60 Å². The highest BCUT2D eigenvalue weighted by Gasteiger charge is 2.44. The van der Waals surface area contributed by atoms with Crippen molar-refractivity contribution in [1.29, 1.82) is 0 Å². The minimum Gasteiger partial charge on any atom is -0.390 e. The van der Waals surface area contributed by atoms with E-state index >= 15 is 0 Å². The maximum atomic E-state index is 12.7. The Kier molecular flexibility index (Phi) is 3.93. The summed E-state index contributed by atoms with van der Waals surface area (Å²) in [7, 11) is 0. The molecular formula is C16H23N3O2. The van der Waals surface area contributed by atoms with Gasteiger partial charge in [0.05, 0.1) is 11.2 Å². The van der Waals surface area contributed by atoms with E-state index in [4.69, 9.17) is 0 Å². The molecule has 0 bridgehead atoms. The van der Waals surface area contributed by atoms with E-state index in [0.717, 1.165) is 45.1 Å². The van der Waals surface area contributed by atoms with Crippen LogP contribution in [0.15, 0.2) is 18.7 Å². The Balaban J connectivity index is 1.81. The quantitative estimate of drug-likeness (QED) is 0.904. The molecule has 0 spiro atoms. The van der Waals surface area contributed by atoms with Crippen molar-refractivity contribution in [3.63, 3.8) is 0 Å². The molecule has 1 N–H and O–H groups in total. The van der Waals surface area contributed by atoms with Crippen molar-refractivity contribution in [2.75, 3.05) is 6.54 Å². The normalized spacial score (nSPS) is 33.1. The molecule has 3 rings (SSSR count). The third-order valence-corrected chi connectivity index (χ3v) is 5.08. The van der Waals surface area contributed by atoms with Gasteiger partial charge in [-0.25, -0.2) is 9.97 Å². The average molecular weight is 289 g/mol. The number of carbonyl (C=O) groups excluding carboxylic acids is 1. The Labute approximate surface area is 125 Å². The van der Waals surface area contributed by atoms with Crippen molar-refractivity contribution >= 4 is 5.91 Å². The van der Waals surface area contributed by atoms with Gasteiger partial charge in [-0.05, 0) is 32.6 Å². The molecule has 2 aliphatic rings. The minimum absolute atomic E-state index is 0.000488. The first-order valence-electron chi connectivity index (χ1n) is 7.88. The summed E-state index contributed by atoms with van der Waals surface area (Å²) < 4.78 is 0. The van der Waals surface area contributed by atoms with Crippen LogP contribution in [0, 0.1) is 5.92 Å². The van der Waals surface area contributed by atoms with Crippen molar-refractivity contribution < 1.29 is 9.90 Å². The van der Waals surface area contributed by atoms with E-state index in [1.54, 1.807) is 12.4 Å². The molecule has 0 unspecified atom stereocenters. The number of hydrogen-bond donors (Lipinski definition) is 1. The van der Waals surface area contributed by atoms with Gasteiger partial charge in [0.15, 0.2) is 0 Å². The summed E-state index contributed by atoms with van der Waals surface area (Å²) in [5.74, 6) is 0.182. The van der Waals surface area contributed by atoms with Gasteiger partial charge in [0, 0.05) is 30.9 Å². The Hall–Kier alpha value is -1.49. The van der Waals surface area contributed by atoms with E-state index in [0.29, 0.717) is 5.56 Å². The van der Waals surface area contributed by atoms with Gasteiger partial charge in [0.1, 0.15) is 6.33 Å². The molecule has 21 heavy (non-hydrogen) atoms. The van der Waals surface area contributed by atoms with Crippen LogP contribution in [0.1, 0.15) is 55.8 Å². The number of nitrogens with zero attached hydrogens (tertiary/aromatic N) is 3. The van der Waals surface area contributed by atoms with Gasteiger partial charge < -0.3 is 10.0 Å². The Morgan fingerprint density at radius 2 is 2.05 bits per heavy atom. The number of amides is 1. The van der Waals surface area contributed by atoms with Gasteiger partial charge >= 0.3 is 0 Å². The van der Waals surface area contributed by atoms with E-state index in [1.807, 2.05) is 11.8 Å². The van der Waals surface area contributed by atoms with Crippen LogP contribution in [0.25, 0.3) is 0 Å². The molecule has 5 nitrogen and oxygen atoms in total. The Morgan fingerprint density at radius 1 is 1.29 bits per heavy atom. The SMILES string of the molecule is C[C@]1(O)CCCC[C@@H]1[C@H]1CCCN1C(=O)c1cncnc1. The van der Waals surface area contributed by atoms with E-state index in [-0.39, 0.29) is 17.9 Å². The van der Waals surface area contributed by atoms with Crippen molar-refractivity contribution in [3.05, 3.63) is 24.3 Å². The van der Waals surface area contributed by atoms with Crippen molar-refractivity contribution in [3.8, 4) is 0 Å². The number of aromatic nitrogens is 2. The average Bonchev–Trinajstić information content (AvgIpc) is 2.96. The van der Waals surface area contributed by atoms with Crippen molar-refractivity contribution in [1.82, 2.24) is 14.9 Å². The summed E-state index contributed by atoms with van der Waals surface area (Å²) in [6.45, 7) is 2.70. The lowest BCUT2D eigenvalue weighted by Gasteiger charge is -2.43. The lowest BCUT2D eigenvalue weighted by molar-refractivity contribution is -0.0577. The van der Waals surface area contributed by atoms with Crippen LogP contribution >= 0.6 is 0 Å². The molecule has 1 aliphatic carbocycles. The summed E-state index contributed by atoms with van der Waals surface area (Å²) in [4.78, 5) is 22.5. The molecular weight excluding hydrogens is 266 g/mol. The molecule has 0 aromatic carbocycles. The zero-order valence-electron chi connectivity index (χ0n) is 12.5. The van der Waals surface area contributed by atoms with Crippen LogP contribution in [0.5, 0.6) is 0 Å². The molecule has 1 saturated heterocycles. The predicted molar refractivity (Wildman–Crippen MR) is 78.7 cm³/mol. The highest BCUT2D eigenvalue weighted by atomic mass is 16.3. The molecule has 114 valence electrons. The molecule has 5 heteroatoms. The smallest absolute Gasteiger partial charge is 0.257 e. The summed E-state index contributed by atoms with van der Waals surface area (Å²) >= 11 is 0. The topological polar surface area (TPSA) is 66.3 Å². The predicted octanol–water partition coefficient (Wildman–Crippen LogP) is 2.02. The summed E-state index contributed by atoms with van der Waals surface area (Å²) in [5.41, 5.74) is -0.112. The van der Waals surface area contributed by atoms with Crippen LogP contribution < -0.4 is 0 Å². The van der Waals surface area contributed by atoms with Crippen LogP contribution in [0.4, 0.5) is 0 Å². The second kappa shape index (κ2) is 5.72. The standard InChI is InChI=1S/C16H23N3O2/c1-16(21)7-3-2-5-13(16)14-6-4-8-19(14)15(20)12-9-17-11-18-10-12/h9-11,13-14,21H,2-8H2,1H3/t13-,14-,16+/m1/s1. The minimum atomic E-state index is -0.654. The van der Waals surface area contributed by atoms with E-state index in [9.17, 15) is 9.90 Å². The lowest BCUT2D eigenvalue weighted by Crippen LogP contribution is -2.50. The Morgan fingerprint density at radius 3 is 2.76 bits per heavy atom. The molecule has 2 fully saturated rings. The number of likely N-dealkylation sites (tertiary alicyclic amines) is 1. The Bertz CT molecular complexity index is 504.